The third kappa shape index (κ3) is 3.79. The summed E-state index contributed by atoms with van der Waals surface area (Å²) < 4.78 is 1.79. The van der Waals surface area contributed by atoms with E-state index in [1.807, 2.05) is 55.5 Å². The standard InChI is InChI=1S/C21H23N3O/c1-15-10-12-17(13-11-15)24-19(14-18(23-24)21(2,3)4)22-20(25)16-8-6-5-7-9-16/h5-14H,1-4H3,(H,22,25). The number of carbonyl (C=O) groups excluding carboxylic acids is 1. The van der Waals surface area contributed by atoms with Crippen molar-refractivity contribution in [1.82, 2.24) is 9.78 Å². The summed E-state index contributed by atoms with van der Waals surface area (Å²) >= 11 is 0. The summed E-state index contributed by atoms with van der Waals surface area (Å²) in [5.74, 6) is 0.525. The van der Waals surface area contributed by atoms with E-state index in [-0.39, 0.29) is 11.3 Å². The number of nitrogens with one attached hydrogen (secondary N) is 1. The van der Waals surface area contributed by atoms with Crippen molar-refractivity contribution < 1.29 is 4.79 Å². The van der Waals surface area contributed by atoms with Crippen LogP contribution in [0.5, 0.6) is 0 Å². The summed E-state index contributed by atoms with van der Waals surface area (Å²) in [6, 6.07) is 19.2. The molecule has 0 aliphatic carbocycles. The van der Waals surface area contributed by atoms with Crippen molar-refractivity contribution in [3.63, 3.8) is 0 Å². The highest BCUT2D eigenvalue weighted by Crippen LogP contribution is 2.26. The zero-order valence-electron chi connectivity index (χ0n) is 15.1. The van der Waals surface area contributed by atoms with E-state index in [1.54, 1.807) is 16.8 Å². The highest BCUT2D eigenvalue weighted by atomic mass is 16.1. The van der Waals surface area contributed by atoms with Crippen molar-refractivity contribution in [3.8, 4) is 5.69 Å². The number of aryl methyl sites for hydroxylation is 1. The largest absolute Gasteiger partial charge is 0.306 e. The second-order valence-electron chi connectivity index (χ2n) is 7.23. The van der Waals surface area contributed by atoms with Crippen LogP contribution in [0.15, 0.2) is 60.7 Å². The maximum atomic E-state index is 12.6. The highest BCUT2D eigenvalue weighted by Gasteiger charge is 2.21. The van der Waals surface area contributed by atoms with Crippen LogP contribution in [-0.2, 0) is 5.41 Å². The molecule has 0 saturated carbocycles. The number of nitrogens with zero attached hydrogens (tertiary/aromatic N) is 2. The molecule has 3 rings (SSSR count). The Morgan fingerprint density at radius 1 is 1.00 bits per heavy atom. The summed E-state index contributed by atoms with van der Waals surface area (Å²) in [7, 11) is 0. The molecule has 0 radical (unpaired) electrons. The topological polar surface area (TPSA) is 46.9 Å². The number of carbonyl (C=O) groups is 1. The minimum absolute atomic E-state index is 0.109. The SMILES string of the molecule is Cc1ccc(-n2nc(C(C)(C)C)cc2NC(=O)c2ccccc2)cc1. The van der Waals surface area contributed by atoms with Gasteiger partial charge in [-0.2, -0.15) is 5.10 Å². The second-order valence-corrected chi connectivity index (χ2v) is 7.23. The number of rotatable bonds is 3. The van der Waals surface area contributed by atoms with Gasteiger partial charge in [-0.1, -0.05) is 56.7 Å². The van der Waals surface area contributed by atoms with Crippen molar-refractivity contribution >= 4 is 11.7 Å². The first-order chi connectivity index (χ1) is 11.8. The maximum absolute atomic E-state index is 12.6. The fraction of sp³-hybridized carbons (Fsp3) is 0.238. The van der Waals surface area contributed by atoms with Crippen LogP contribution in [0.2, 0.25) is 0 Å². The van der Waals surface area contributed by atoms with E-state index in [1.165, 1.54) is 5.56 Å². The van der Waals surface area contributed by atoms with Gasteiger partial charge < -0.3 is 5.32 Å². The molecular formula is C21H23N3O. The van der Waals surface area contributed by atoms with Gasteiger partial charge in [0, 0.05) is 17.0 Å². The van der Waals surface area contributed by atoms with Crippen LogP contribution in [0.25, 0.3) is 5.69 Å². The van der Waals surface area contributed by atoms with E-state index < -0.39 is 0 Å². The molecule has 1 heterocycles. The number of hydrogen-bond acceptors (Lipinski definition) is 2. The Morgan fingerprint density at radius 2 is 1.64 bits per heavy atom. The lowest BCUT2D eigenvalue weighted by atomic mass is 9.92. The molecule has 0 aliphatic heterocycles. The molecule has 0 spiro atoms. The van der Waals surface area contributed by atoms with Gasteiger partial charge in [-0.15, -0.1) is 0 Å². The van der Waals surface area contributed by atoms with Gasteiger partial charge >= 0.3 is 0 Å². The summed E-state index contributed by atoms with van der Waals surface area (Å²) in [5, 5.41) is 7.72. The van der Waals surface area contributed by atoms with Crippen LogP contribution >= 0.6 is 0 Å². The Kier molecular flexibility index (Phi) is 4.45. The Bertz CT molecular complexity index is 872. The predicted octanol–water partition coefficient (Wildman–Crippen LogP) is 4.73. The van der Waals surface area contributed by atoms with E-state index >= 15 is 0 Å². The number of anilines is 1. The number of aromatic nitrogens is 2. The minimum Gasteiger partial charge on any atom is -0.306 e. The number of benzene rings is 2. The molecule has 128 valence electrons. The zero-order chi connectivity index (χ0) is 18.0. The predicted molar refractivity (Wildman–Crippen MR) is 101 cm³/mol. The monoisotopic (exact) mass is 333 g/mol. The van der Waals surface area contributed by atoms with Crippen molar-refractivity contribution in [2.24, 2.45) is 0 Å². The average molecular weight is 333 g/mol. The summed E-state index contributed by atoms with van der Waals surface area (Å²) in [5.41, 5.74) is 3.54. The Labute approximate surface area is 148 Å². The summed E-state index contributed by atoms with van der Waals surface area (Å²) in [6.07, 6.45) is 0. The van der Waals surface area contributed by atoms with E-state index in [2.05, 4.69) is 26.1 Å². The lowest BCUT2D eigenvalue weighted by molar-refractivity contribution is 0.102. The molecule has 2 aromatic carbocycles. The van der Waals surface area contributed by atoms with Crippen LogP contribution in [0, 0.1) is 6.92 Å². The van der Waals surface area contributed by atoms with Gasteiger partial charge in [0.1, 0.15) is 5.82 Å². The van der Waals surface area contributed by atoms with Gasteiger partial charge in [0.2, 0.25) is 0 Å². The molecule has 1 amide bonds. The Morgan fingerprint density at radius 3 is 2.24 bits per heavy atom. The van der Waals surface area contributed by atoms with Crippen molar-refractivity contribution in [2.45, 2.75) is 33.1 Å². The third-order valence-electron chi connectivity index (χ3n) is 4.03. The third-order valence-corrected chi connectivity index (χ3v) is 4.03. The molecule has 25 heavy (non-hydrogen) atoms. The zero-order valence-corrected chi connectivity index (χ0v) is 15.1. The van der Waals surface area contributed by atoms with Crippen molar-refractivity contribution in [3.05, 3.63) is 77.5 Å². The summed E-state index contributed by atoms with van der Waals surface area (Å²) in [6.45, 7) is 8.37. The second kappa shape index (κ2) is 6.55. The van der Waals surface area contributed by atoms with Crippen LogP contribution in [0.4, 0.5) is 5.82 Å². The average Bonchev–Trinajstić information content (AvgIpc) is 3.00. The molecule has 1 aromatic heterocycles. The lowest BCUT2D eigenvalue weighted by Gasteiger charge is -2.14. The van der Waals surface area contributed by atoms with Crippen LogP contribution < -0.4 is 5.32 Å². The number of amides is 1. The molecule has 4 nitrogen and oxygen atoms in total. The van der Waals surface area contributed by atoms with E-state index in [0.717, 1.165) is 11.4 Å². The molecule has 0 bridgehead atoms. The smallest absolute Gasteiger partial charge is 0.256 e. The number of hydrogen-bond donors (Lipinski definition) is 1. The molecular weight excluding hydrogens is 310 g/mol. The van der Waals surface area contributed by atoms with Crippen molar-refractivity contribution in [1.29, 1.82) is 0 Å². The van der Waals surface area contributed by atoms with Gasteiger partial charge in [0.05, 0.1) is 11.4 Å². The van der Waals surface area contributed by atoms with Crippen LogP contribution in [0.3, 0.4) is 0 Å². The van der Waals surface area contributed by atoms with E-state index in [9.17, 15) is 4.79 Å². The highest BCUT2D eigenvalue weighted by molar-refractivity contribution is 6.03. The Hall–Kier alpha value is -2.88. The molecule has 4 heteroatoms. The Balaban J connectivity index is 2.00. The van der Waals surface area contributed by atoms with Gasteiger partial charge in [0.25, 0.3) is 5.91 Å². The van der Waals surface area contributed by atoms with Crippen LogP contribution in [-0.4, -0.2) is 15.7 Å². The molecule has 0 unspecified atom stereocenters. The maximum Gasteiger partial charge on any atom is 0.256 e. The van der Waals surface area contributed by atoms with Gasteiger partial charge in [0.15, 0.2) is 0 Å². The summed E-state index contributed by atoms with van der Waals surface area (Å²) in [4.78, 5) is 12.6. The lowest BCUT2D eigenvalue weighted by Crippen LogP contribution is -2.15. The quantitative estimate of drug-likeness (QED) is 0.753. The van der Waals surface area contributed by atoms with Crippen LogP contribution in [0.1, 0.15) is 42.4 Å². The van der Waals surface area contributed by atoms with E-state index in [0.29, 0.717) is 11.4 Å². The minimum atomic E-state index is -0.144. The molecule has 0 atom stereocenters. The van der Waals surface area contributed by atoms with E-state index in [4.69, 9.17) is 5.10 Å². The molecule has 3 aromatic rings. The fourth-order valence-corrected chi connectivity index (χ4v) is 2.50. The molecule has 0 saturated heterocycles. The van der Waals surface area contributed by atoms with Gasteiger partial charge in [-0.3, -0.25) is 4.79 Å². The molecule has 1 N–H and O–H groups in total. The first-order valence-corrected chi connectivity index (χ1v) is 8.38. The molecule has 0 aliphatic rings. The van der Waals surface area contributed by atoms with Crippen molar-refractivity contribution in [2.75, 3.05) is 5.32 Å². The fourth-order valence-electron chi connectivity index (χ4n) is 2.50. The first-order valence-electron chi connectivity index (χ1n) is 8.38. The first kappa shape index (κ1) is 17.0. The molecule has 0 fully saturated rings. The van der Waals surface area contributed by atoms with Gasteiger partial charge in [-0.05, 0) is 31.2 Å². The van der Waals surface area contributed by atoms with Gasteiger partial charge in [-0.25, -0.2) is 4.68 Å². The normalized spacial score (nSPS) is 11.4.